The highest BCUT2D eigenvalue weighted by molar-refractivity contribution is 7.45. The molecule has 0 aliphatic carbocycles. The monoisotopic (exact) mass is 772 g/mol. The lowest BCUT2D eigenvalue weighted by Crippen LogP contribution is -2.78. The smallest absolute Gasteiger partial charge is 0.467 e. The zero-order valence-corrected chi connectivity index (χ0v) is 33.9. The van der Waals surface area contributed by atoms with E-state index in [-0.39, 0.29) is 17.2 Å². The fraction of sp³-hybridized carbons (Fsp3) is 0.514. The van der Waals surface area contributed by atoms with E-state index in [0.717, 1.165) is 0 Å². The average Bonchev–Trinajstić information content (AvgIpc) is 3.35. The Kier molecular flexibility index (Phi) is 7.00. The summed E-state index contributed by atoms with van der Waals surface area (Å²) in [5, 5.41) is 34.7. The van der Waals surface area contributed by atoms with Gasteiger partial charge in [-0.3, -0.25) is 27.1 Å². The SMILES string of the molecule is Cc1cc(C23OP(O2)OC32OP3OC4(OP5Oc6c(C)c(O)c(C(C)(C)C)c(c6C42c2cc(C)c(O)c(C(C)(C)C)c2)O5)O3)cc(C(C)(C)C)c1O. The molecular weight excluding hydrogens is 729 g/mol. The Labute approximate surface area is 306 Å². The Morgan fingerprint density at radius 2 is 1.02 bits per heavy atom. The summed E-state index contributed by atoms with van der Waals surface area (Å²) >= 11 is 0. The molecule has 0 radical (unpaired) electrons. The number of phenols is 3. The maximum Gasteiger partial charge on any atom is 0.467 e. The topological polar surface area (TPSA) is 144 Å². The van der Waals surface area contributed by atoms with E-state index in [4.69, 9.17) is 40.7 Å². The highest BCUT2D eigenvalue weighted by Crippen LogP contribution is 2.91. The van der Waals surface area contributed by atoms with Crippen LogP contribution in [0, 0.1) is 20.8 Å². The van der Waals surface area contributed by atoms with Gasteiger partial charge in [-0.25, -0.2) is 4.52 Å². The van der Waals surface area contributed by atoms with Crippen molar-refractivity contribution in [2.45, 2.75) is 122 Å². The molecule has 278 valence electrons. The van der Waals surface area contributed by atoms with Gasteiger partial charge in [-0.2, -0.15) is 0 Å². The predicted octanol–water partition coefficient (Wildman–Crippen LogP) is 9.75. The van der Waals surface area contributed by atoms with Gasteiger partial charge in [0, 0.05) is 16.7 Å². The van der Waals surface area contributed by atoms with E-state index in [1.165, 1.54) is 0 Å². The molecule has 9 heterocycles. The van der Waals surface area contributed by atoms with Crippen LogP contribution in [0.2, 0.25) is 0 Å². The van der Waals surface area contributed by atoms with Crippen molar-refractivity contribution in [2.75, 3.05) is 0 Å². The van der Waals surface area contributed by atoms with Crippen molar-refractivity contribution in [3.63, 3.8) is 0 Å². The highest BCUT2D eigenvalue weighted by Gasteiger charge is 2.96. The van der Waals surface area contributed by atoms with Crippen LogP contribution < -0.4 is 9.05 Å². The fourth-order valence-electron chi connectivity index (χ4n) is 8.38. The van der Waals surface area contributed by atoms with E-state index in [2.05, 4.69) is 0 Å². The molecule has 0 amide bonds. The third-order valence-electron chi connectivity index (χ3n) is 10.9. The molecule has 3 unspecified atom stereocenters. The van der Waals surface area contributed by atoms with Crippen LogP contribution in [0.25, 0.3) is 0 Å². The second kappa shape index (κ2) is 10.3. The number of hydrogen-bond acceptors (Lipinski definition) is 12. The van der Waals surface area contributed by atoms with E-state index < -0.39 is 65.0 Å². The molecule has 6 saturated heterocycles. The summed E-state index contributed by atoms with van der Waals surface area (Å²) in [4.78, 5) is 0. The fourth-order valence-corrected chi connectivity index (χ4v) is 12.6. The third-order valence-corrected chi connectivity index (χ3v) is 14.3. The molecule has 3 N–H and O–H groups in total. The molecule has 3 aromatic carbocycles. The molecule has 12 nitrogen and oxygen atoms in total. The Bertz CT molecular complexity index is 2100. The number of phenolic OH excluding ortho intramolecular Hbond substituents is 3. The summed E-state index contributed by atoms with van der Waals surface area (Å²) < 4.78 is 60.7. The molecule has 2 spiro atoms. The van der Waals surface area contributed by atoms with Crippen LogP contribution in [-0.2, 0) is 59.1 Å². The van der Waals surface area contributed by atoms with E-state index in [1.807, 2.05) is 100 Å². The van der Waals surface area contributed by atoms with Crippen molar-refractivity contribution >= 4 is 25.8 Å². The van der Waals surface area contributed by atoms with Gasteiger partial charge in [0.2, 0.25) is 0 Å². The average molecular weight is 773 g/mol. The van der Waals surface area contributed by atoms with Gasteiger partial charge in [0.25, 0.3) is 11.6 Å². The predicted molar refractivity (Wildman–Crippen MR) is 192 cm³/mol. The first-order valence-corrected chi connectivity index (χ1v) is 20.5. The van der Waals surface area contributed by atoms with Gasteiger partial charge >= 0.3 is 31.8 Å². The van der Waals surface area contributed by atoms with E-state index in [0.29, 0.717) is 61.6 Å². The van der Waals surface area contributed by atoms with Crippen LogP contribution in [0.15, 0.2) is 24.3 Å². The van der Waals surface area contributed by atoms with Crippen molar-refractivity contribution in [2.24, 2.45) is 0 Å². The van der Waals surface area contributed by atoms with Crippen LogP contribution in [-0.4, -0.2) is 27.1 Å². The highest BCUT2D eigenvalue weighted by atomic mass is 31.2. The first kappa shape index (κ1) is 35.4. The quantitative estimate of drug-likeness (QED) is 0.213. The van der Waals surface area contributed by atoms with Crippen LogP contribution in [0.5, 0.6) is 28.7 Å². The molecule has 3 atom stereocenters. The maximum absolute atomic E-state index is 11.8. The Balaban J connectivity index is 1.48. The zero-order valence-electron chi connectivity index (χ0n) is 31.2. The molecule has 6 fully saturated rings. The van der Waals surface area contributed by atoms with E-state index in [1.54, 1.807) is 6.92 Å². The minimum absolute atomic E-state index is 0.0231. The van der Waals surface area contributed by atoms with Crippen molar-refractivity contribution in [1.29, 1.82) is 0 Å². The van der Waals surface area contributed by atoms with Gasteiger partial charge in [-0.15, -0.1) is 0 Å². The van der Waals surface area contributed by atoms with Crippen LogP contribution in [0.3, 0.4) is 0 Å². The van der Waals surface area contributed by atoms with Crippen LogP contribution in [0.1, 0.15) is 112 Å². The first-order valence-electron chi connectivity index (χ1n) is 17.2. The molecule has 12 rings (SSSR count). The summed E-state index contributed by atoms with van der Waals surface area (Å²) in [5.74, 6) is -4.71. The molecule has 9 aliphatic rings. The summed E-state index contributed by atoms with van der Waals surface area (Å²) in [6, 6.07) is 7.42. The minimum atomic E-state index is -2.21. The summed E-state index contributed by atoms with van der Waals surface area (Å²) in [6.07, 6.45) is 0. The van der Waals surface area contributed by atoms with Crippen LogP contribution >= 0.6 is 25.8 Å². The van der Waals surface area contributed by atoms with Gasteiger partial charge in [0.1, 0.15) is 28.7 Å². The van der Waals surface area contributed by atoms with Gasteiger partial charge in [0.15, 0.2) is 5.41 Å². The second-order valence-corrected chi connectivity index (χ2v) is 20.5. The second-order valence-electron chi connectivity index (χ2n) is 17.5. The molecular formula is C37H43O12P3. The Hall–Kier alpha value is -2.33. The van der Waals surface area contributed by atoms with Gasteiger partial charge in [-0.1, -0.05) is 74.4 Å². The van der Waals surface area contributed by atoms with Crippen molar-refractivity contribution < 1.29 is 56.0 Å². The lowest BCUT2D eigenvalue weighted by molar-refractivity contribution is -0.451. The summed E-state index contributed by atoms with van der Waals surface area (Å²) in [6.45, 7) is 23.5. The lowest BCUT2D eigenvalue weighted by atomic mass is 9.60. The number of hydrogen-bond donors (Lipinski definition) is 3. The first-order chi connectivity index (χ1) is 24.0. The molecule has 0 aromatic heterocycles. The Morgan fingerprint density at radius 1 is 0.538 bits per heavy atom. The largest absolute Gasteiger partial charge is 0.507 e. The van der Waals surface area contributed by atoms with Crippen LogP contribution in [0.4, 0.5) is 0 Å². The lowest BCUT2D eigenvalue weighted by Gasteiger charge is -2.64. The number of aromatic hydroxyl groups is 3. The zero-order chi connectivity index (χ0) is 37.5. The Morgan fingerprint density at radius 3 is 1.56 bits per heavy atom. The van der Waals surface area contributed by atoms with Crippen molar-refractivity contribution in [3.8, 4) is 28.7 Å². The van der Waals surface area contributed by atoms with Crippen molar-refractivity contribution in [1.82, 2.24) is 0 Å². The van der Waals surface area contributed by atoms with E-state index >= 15 is 0 Å². The number of rotatable bonds is 2. The molecule has 0 saturated carbocycles. The molecule has 9 aliphatic heterocycles. The van der Waals surface area contributed by atoms with Gasteiger partial charge in [-0.05, 0) is 77.0 Å². The summed E-state index contributed by atoms with van der Waals surface area (Å²) in [5.41, 5.74) is 1.48. The molecule has 3 aromatic rings. The standard InChI is InChI=1S/C37H43O12P3/c1-17-13-20(15-22(26(17)38)31(4,5)6)34-25-29-19(3)28(40)24(33(10,11)12)30(25)42-50(41-29)47-37(34)48-52(49-37)46-36(34)35(43-51(44-35)45-36)21-14-18(2)27(39)23(16-21)32(7,8)9/h13-16,38-40H,1-12H3. The number of aryl methyl sites for hydroxylation is 2. The maximum atomic E-state index is 11.8. The van der Waals surface area contributed by atoms with Gasteiger partial charge in [0.05, 0.1) is 5.56 Å². The van der Waals surface area contributed by atoms with E-state index in [9.17, 15) is 15.3 Å². The molecule has 15 heteroatoms. The molecule has 8 bridgehead atoms. The summed E-state index contributed by atoms with van der Waals surface area (Å²) in [7, 11) is -6.27. The molecule has 52 heavy (non-hydrogen) atoms. The van der Waals surface area contributed by atoms with Gasteiger partial charge < -0.3 is 24.4 Å². The number of benzene rings is 3. The minimum Gasteiger partial charge on any atom is -0.507 e. The van der Waals surface area contributed by atoms with Crippen molar-refractivity contribution in [3.05, 3.63) is 74.3 Å². The normalized spacial score (nSPS) is 33.9. The third kappa shape index (κ3) is 4.07.